The first-order valence-corrected chi connectivity index (χ1v) is 16.1. The van der Waals surface area contributed by atoms with Crippen molar-refractivity contribution in [2.45, 2.75) is 12.2 Å². The van der Waals surface area contributed by atoms with Gasteiger partial charge >= 0.3 is 0 Å². The molecule has 9 rings (SSSR count). The lowest BCUT2D eigenvalue weighted by atomic mass is 9.95. The summed E-state index contributed by atoms with van der Waals surface area (Å²) in [6.07, 6.45) is 6.07. The summed E-state index contributed by atoms with van der Waals surface area (Å²) in [6.45, 7) is 0. The number of pyridine rings is 1. The van der Waals surface area contributed by atoms with Crippen molar-refractivity contribution in [1.29, 1.82) is 0 Å². The van der Waals surface area contributed by atoms with Gasteiger partial charge in [0.25, 0.3) is 0 Å². The molecule has 4 nitrogen and oxygen atoms in total. The third-order valence-electron chi connectivity index (χ3n) is 9.39. The van der Waals surface area contributed by atoms with Crippen molar-refractivity contribution in [2.24, 2.45) is 0 Å². The highest BCUT2D eigenvalue weighted by molar-refractivity contribution is 6.09. The molecule has 0 radical (unpaired) electrons. The predicted molar refractivity (Wildman–Crippen MR) is 194 cm³/mol. The summed E-state index contributed by atoms with van der Waals surface area (Å²) in [6, 6.07) is 54.4. The normalized spacial score (nSPS) is 16.3. The van der Waals surface area contributed by atoms with Gasteiger partial charge in [-0.2, -0.15) is 0 Å². The van der Waals surface area contributed by atoms with E-state index in [4.69, 9.17) is 0 Å². The summed E-state index contributed by atoms with van der Waals surface area (Å²) in [5.41, 5.74) is 10.7. The number of fused-ring (bicyclic) bond motifs is 4. The van der Waals surface area contributed by atoms with Crippen molar-refractivity contribution >= 4 is 38.3 Å². The van der Waals surface area contributed by atoms with Gasteiger partial charge in [0.1, 0.15) is 6.17 Å². The molecule has 4 heteroatoms. The molecule has 2 unspecified atom stereocenters. The van der Waals surface area contributed by atoms with Gasteiger partial charge in [0.2, 0.25) is 0 Å². The van der Waals surface area contributed by atoms with Crippen LogP contribution in [0.5, 0.6) is 0 Å². The molecule has 224 valence electrons. The Labute approximate surface area is 273 Å². The molecule has 2 N–H and O–H groups in total. The number of para-hydroxylation sites is 2. The largest absolute Gasteiger partial charge is 0.366 e. The molecule has 2 aromatic heterocycles. The number of nitrogens with one attached hydrogen (secondary N) is 2. The molecule has 0 spiro atoms. The maximum absolute atomic E-state index is 4.31. The highest BCUT2D eigenvalue weighted by Gasteiger charge is 2.24. The van der Waals surface area contributed by atoms with Gasteiger partial charge in [0.15, 0.2) is 0 Å². The second-order valence-electron chi connectivity index (χ2n) is 12.2. The van der Waals surface area contributed by atoms with Gasteiger partial charge in [-0.1, -0.05) is 121 Å². The number of benzene rings is 6. The van der Waals surface area contributed by atoms with E-state index in [0.29, 0.717) is 0 Å². The Balaban J connectivity index is 1.08. The highest BCUT2D eigenvalue weighted by atomic mass is 15.2. The lowest BCUT2D eigenvalue weighted by molar-refractivity contribution is 0.442. The molecule has 0 bridgehead atoms. The van der Waals surface area contributed by atoms with E-state index in [2.05, 4.69) is 178 Å². The zero-order chi connectivity index (χ0) is 31.2. The average molecular weight is 605 g/mol. The lowest BCUT2D eigenvalue weighted by Gasteiger charge is -2.33. The van der Waals surface area contributed by atoms with Crippen LogP contribution in [0.1, 0.15) is 28.9 Å². The van der Waals surface area contributed by atoms with Crippen LogP contribution in [0.2, 0.25) is 0 Å². The first-order chi connectivity index (χ1) is 23.3. The average Bonchev–Trinajstić information content (AvgIpc) is 3.49. The van der Waals surface area contributed by atoms with Crippen LogP contribution in [0.3, 0.4) is 0 Å². The van der Waals surface area contributed by atoms with E-state index in [1.807, 2.05) is 12.4 Å². The van der Waals surface area contributed by atoms with Crippen molar-refractivity contribution in [3.05, 3.63) is 187 Å². The fraction of sp³-hybridized carbons (Fsp3) is 0.0465. The molecule has 0 amide bonds. The second-order valence-corrected chi connectivity index (χ2v) is 12.2. The lowest BCUT2D eigenvalue weighted by Crippen LogP contribution is -2.39. The topological polar surface area (TPSA) is 41.9 Å². The maximum Gasteiger partial charge on any atom is 0.104 e. The number of aromatic nitrogens is 2. The monoisotopic (exact) mass is 604 g/mol. The van der Waals surface area contributed by atoms with Crippen LogP contribution < -0.4 is 10.6 Å². The molecule has 1 aliphatic heterocycles. The van der Waals surface area contributed by atoms with Gasteiger partial charge in [0, 0.05) is 39.9 Å². The third kappa shape index (κ3) is 4.87. The van der Waals surface area contributed by atoms with Crippen molar-refractivity contribution in [3.63, 3.8) is 0 Å². The van der Waals surface area contributed by atoms with Crippen LogP contribution in [0.15, 0.2) is 170 Å². The first-order valence-electron chi connectivity index (χ1n) is 16.1. The molecule has 6 aromatic carbocycles. The molecular formula is C43H32N4. The minimum Gasteiger partial charge on any atom is -0.366 e. The van der Waals surface area contributed by atoms with Crippen LogP contribution in [-0.4, -0.2) is 9.55 Å². The molecule has 3 heterocycles. The minimum atomic E-state index is -0.0385. The van der Waals surface area contributed by atoms with Gasteiger partial charge in [0.05, 0.1) is 17.1 Å². The number of nitrogens with zero attached hydrogens (tertiary/aromatic N) is 2. The van der Waals surface area contributed by atoms with Gasteiger partial charge in [-0.25, -0.2) is 0 Å². The van der Waals surface area contributed by atoms with E-state index in [-0.39, 0.29) is 12.2 Å². The summed E-state index contributed by atoms with van der Waals surface area (Å²) in [5.74, 6) is 0. The van der Waals surface area contributed by atoms with Crippen LogP contribution in [0.4, 0.5) is 0 Å². The van der Waals surface area contributed by atoms with E-state index in [0.717, 1.165) is 22.3 Å². The van der Waals surface area contributed by atoms with Crippen LogP contribution in [0, 0.1) is 0 Å². The van der Waals surface area contributed by atoms with Gasteiger partial charge in [-0.15, -0.1) is 0 Å². The number of rotatable bonds is 5. The Morgan fingerprint density at radius 3 is 1.96 bits per heavy atom. The summed E-state index contributed by atoms with van der Waals surface area (Å²) >= 11 is 0. The van der Waals surface area contributed by atoms with Gasteiger partial charge < -0.3 is 9.88 Å². The molecule has 2 atom stereocenters. The summed E-state index contributed by atoms with van der Waals surface area (Å²) in [4.78, 5) is 4.31. The Hall–Kier alpha value is -5.97. The summed E-state index contributed by atoms with van der Waals surface area (Å²) < 4.78 is 2.37. The molecular weight excluding hydrogens is 573 g/mol. The molecule has 8 aromatic rings. The molecule has 0 fully saturated rings. The fourth-order valence-corrected chi connectivity index (χ4v) is 7.07. The Bertz CT molecular complexity index is 2350. The zero-order valence-electron chi connectivity index (χ0n) is 25.7. The molecule has 0 aliphatic carbocycles. The molecule has 47 heavy (non-hydrogen) atoms. The first kappa shape index (κ1) is 27.3. The SMILES string of the molecule is C1=C(c2ccc(-c3cccc4cnccc34)cc2)NC(c2ccccc2)NC1c1ccc(-n2c3ccccc3c3ccccc32)cc1. The molecule has 0 saturated carbocycles. The molecule has 0 saturated heterocycles. The second kappa shape index (κ2) is 11.4. The van der Waals surface area contributed by atoms with E-state index in [1.54, 1.807) is 0 Å². The van der Waals surface area contributed by atoms with Crippen molar-refractivity contribution < 1.29 is 0 Å². The van der Waals surface area contributed by atoms with Gasteiger partial charge in [-0.3, -0.25) is 10.3 Å². The number of hydrogen-bond donors (Lipinski definition) is 2. The van der Waals surface area contributed by atoms with E-state index >= 15 is 0 Å². The maximum atomic E-state index is 4.31. The smallest absolute Gasteiger partial charge is 0.104 e. The van der Waals surface area contributed by atoms with Crippen LogP contribution >= 0.6 is 0 Å². The van der Waals surface area contributed by atoms with Crippen LogP contribution in [-0.2, 0) is 0 Å². The zero-order valence-corrected chi connectivity index (χ0v) is 25.7. The highest BCUT2D eigenvalue weighted by Crippen LogP contribution is 2.35. The van der Waals surface area contributed by atoms with E-state index < -0.39 is 0 Å². The standard InChI is InChI=1S/C43H32N4/c1-2-9-32(10-3-1)43-45-39(30-19-17-29(18-20-30)35-14-8-11-33-28-44-26-25-36(33)35)27-40(46-43)31-21-23-34(24-22-31)47-41-15-6-4-12-37(41)38-13-5-7-16-42(38)47/h1-28,40,43,45-46H. The molecule has 1 aliphatic rings. The van der Waals surface area contributed by atoms with Crippen molar-refractivity contribution in [2.75, 3.05) is 0 Å². The number of hydrogen-bond acceptors (Lipinski definition) is 3. The quantitative estimate of drug-likeness (QED) is 0.205. The fourth-order valence-electron chi connectivity index (χ4n) is 7.07. The van der Waals surface area contributed by atoms with E-state index in [1.165, 1.54) is 49.4 Å². The summed E-state index contributed by atoms with van der Waals surface area (Å²) in [7, 11) is 0. The van der Waals surface area contributed by atoms with Gasteiger partial charge in [-0.05, 0) is 69.6 Å². The Morgan fingerprint density at radius 1 is 0.532 bits per heavy atom. The minimum absolute atomic E-state index is 0.0221. The van der Waals surface area contributed by atoms with E-state index in [9.17, 15) is 0 Å². The van der Waals surface area contributed by atoms with Crippen molar-refractivity contribution in [1.82, 2.24) is 20.2 Å². The van der Waals surface area contributed by atoms with Crippen LogP contribution in [0.25, 0.3) is 55.1 Å². The Morgan fingerprint density at radius 2 is 1.21 bits per heavy atom. The van der Waals surface area contributed by atoms with Crippen molar-refractivity contribution in [3.8, 4) is 16.8 Å². The third-order valence-corrected chi connectivity index (χ3v) is 9.39. The Kier molecular flexibility index (Phi) is 6.65. The summed E-state index contributed by atoms with van der Waals surface area (Å²) in [5, 5.41) is 12.5. The predicted octanol–water partition coefficient (Wildman–Crippen LogP) is 9.97.